The van der Waals surface area contributed by atoms with Gasteiger partial charge >= 0.3 is 0 Å². The van der Waals surface area contributed by atoms with Gasteiger partial charge in [0.15, 0.2) is 0 Å². The highest BCUT2D eigenvalue weighted by Gasteiger charge is 2.57. The maximum absolute atomic E-state index is 12.9. The van der Waals surface area contributed by atoms with E-state index in [9.17, 15) is 9.59 Å². The number of benzene rings is 1. The summed E-state index contributed by atoms with van der Waals surface area (Å²) < 4.78 is 0. The van der Waals surface area contributed by atoms with Crippen LogP contribution in [-0.4, -0.2) is 11.8 Å². The highest BCUT2D eigenvalue weighted by molar-refractivity contribution is 6.22. The third kappa shape index (κ3) is 2.35. The van der Waals surface area contributed by atoms with E-state index in [0.29, 0.717) is 11.6 Å². The second-order valence-corrected chi connectivity index (χ2v) is 6.84. The number of hydrogen-bond acceptors (Lipinski definition) is 2. The van der Waals surface area contributed by atoms with Crippen LogP contribution in [0.25, 0.3) is 0 Å². The fourth-order valence-electron chi connectivity index (χ4n) is 3.97. The van der Waals surface area contributed by atoms with Crippen molar-refractivity contribution < 1.29 is 9.59 Å². The predicted molar refractivity (Wildman–Crippen MR) is 92.0 cm³/mol. The van der Waals surface area contributed by atoms with Gasteiger partial charge in [-0.2, -0.15) is 0 Å². The van der Waals surface area contributed by atoms with Crippen molar-refractivity contribution in [2.45, 2.75) is 26.2 Å². The normalized spacial score (nSPS) is 30.0. The Morgan fingerprint density at radius 3 is 1.87 bits per heavy atom. The van der Waals surface area contributed by atoms with Crippen LogP contribution in [0, 0.1) is 23.7 Å². The molecule has 2 aliphatic rings. The van der Waals surface area contributed by atoms with Crippen molar-refractivity contribution in [3.63, 3.8) is 0 Å². The van der Waals surface area contributed by atoms with Gasteiger partial charge in [0.2, 0.25) is 11.8 Å². The van der Waals surface area contributed by atoms with E-state index in [4.69, 9.17) is 0 Å². The van der Waals surface area contributed by atoms with Gasteiger partial charge in [-0.15, -0.1) is 13.2 Å². The minimum atomic E-state index is -0.284. The van der Waals surface area contributed by atoms with E-state index in [0.717, 1.165) is 6.42 Å². The summed E-state index contributed by atoms with van der Waals surface area (Å²) in [6.07, 6.45) is 4.43. The van der Waals surface area contributed by atoms with Crippen molar-refractivity contribution >= 4 is 17.5 Å². The van der Waals surface area contributed by atoms with Crippen LogP contribution in [0.4, 0.5) is 5.69 Å². The lowest BCUT2D eigenvalue weighted by Gasteiger charge is -2.19. The summed E-state index contributed by atoms with van der Waals surface area (Å²) in [4.78, 5) is 27.1. The molecule has 3 heteroatoms. The quantitative estimate of drug-likeness (QED) is 0.624. The van der Waals surface area contributed by atoms with E-state index in [-0.39, 0.29) is 35.5 Å². The fourth-order valence-corrected chi connectivity index (χ4v) is 3.97. The average Bonchev–Trinajstić information content (AvgIpc) is 3.04. The van der Waals surface area contributed by atoms with Gasteiger partial charge in [-0.05, 0) is 41.9 Å². The van der Waals surface area contributed by atoms with Gasteiger partial charge in [-0.1, -0.05) is 38.1 Å². The van der Waals surface area contributed by atoms with Crippen molar-refractivity contribution in [3.05, 3.63) is 55.1 Å². The lowest BCUT2D eigenvalue weighted by Crippen LogP contribution is -2.33. The number of allylic oxidation sites excluding steroid dienone is 2. The summed E-state index contributed by atoms with van der Waals surface area (Å²) in [6.45, 7) is 11.9. The summed E-state index contributed by atoms with van der Waals surface area (Å²) in [5, 5.41) is 0. The van der Waals surface area contributed by atoms with Crippen molar-refractivity contribution in [1.82, 2.24) is 0 Å². The molecular formula is C20H23NO2. The second-order valence-electron chi connectivity index (χ2n) is 6.84. The van der Waals surface area contributed by atoms with Gasteiger partial charge < -0.3 is 0 Å². The highest BCUT2D eigenvalue weighted by Crippen LogP contribution is 2.49. The summed E-state index contributed by atoms with van der Waals surface area (Å²) in [6, 6.07) is 7.73. The number of anilines is 1. The summed E-state index contributed by atoms with van der Waals surface area (Å²) in [5.74, 6) is -0.221. The van der Waals surface area contributed by atoms with Crippen LogP contribution >= 0.6 is 0 Å². The molecule has 0 radical (unpaired) electrons. The Balaban J connectivity index is 1.95. The van der Waals surface area contributed by atoms with Gasteiger partial charge in [0.1, 0.15) is 0 Å². The Hall–Kier alpha value is -2.16. The van der Waals surface area contributed by atoms with E-state index < -0.39 is 0 Å². The minimum absolute atomic E-state index is 0.0550. The first-order valence-electron chi connectivity index (χ1n) is 8.22. The molecule has 0 spiro atoms. The molecule has 4 unspecified atom stereocenters. The zero-order chi connectivity index (χ0) is 16.7. The molecule has 23 heavy (non-hydrogen) atoms. The maximum Gasteiger partial charge on any atom is 0.238 e. The molecule has 2 fully saturated rings. The summed E-state index contributed by atoms with van der Waals surface area (Å²) in [7, 11) is 0. The van der Waals surface area contributed by atoms with Crippen LogP contribution in [0.2, 0.25) is 0 Å². The van der Waals surface area contributed by atoms with E-state index in [2.05, 4.69) is 27.0 Å². The fraction of sp³-hybridized carbons (Fsp3) is 0.400. The van der Waals surface area contributed by atoms with Crippen LogP contribution in [0.3, 0.4) is 0 Å². The molecule has 0 bridgehead atoms. The number of imide groups is 1. The van der Waals surface area contributed by atoms with E-state index in [1.165, 1.54) is 10.5 Å². The molecule has 3 nitrogen and oxygen atoms in total. The second kappa shape index (κ2) is 5.80. The summed E-state index contributed by atoms with van der Waals surface area (Å²) in [5.41, 5.74) is 1.87. The zero-order valence-electron chi connectivity index (χ0n) is 13.7. The smallest absolute Gasteiger partial charge is 0.238 e. The van der Waals surface area contributed by atoms with Crippen LogP contribution in [0.1, 0.15) is 31.7 Å². The maximum atomic E-state index is 12.9. The molecule has 0 N–H and O–H groups in total. The molecule has 4 atom stereocenters. The molecule has 1 heterocycles. The van der Waals surface area contributed by atoms with E-state index in [1.54, 1.807) is 0 Å². The van der Waals surface area contributed by atoms with Crippen LogP contribution in [-0.2, 0) is 9.59 Å². The SMILES string of the molecule is C=CC1CC(C=C)C2C(=O)N(c3ccc(C(C)C)cc3)C(=O)C12. The molecule has 1 saturated heterocycles. The molecule has 1 aromatic carbocycles. The molecule has 1 aromatic rings. The van der Waals surface area contributed by atoms with E-state index >= 15 is 0 Å². The molecule has 1 aliphatic heterocycles. The average molecular weight is 309 g/mol. The predicted octanol–water partition coefficient (Wildman–Crippen LogP) is 3.92. The van der Waals surface area contributed by atoms with Crippen molar-refractivity contribution in [2.75, 3.05) is 4.90 Å². The van der Waals surface area contributed by atoms with E-state index in [1.807, 2.05) is 36.4 Å². The number of fused-ring (bicyclic) bond motifs is 1. The number of carbonyl (C=O) groups excluding carboxylic acids is 2. The lowest BCUT2D eigenvalue weighted by molar-refractivity contribution is -0.123. The topological polar surface area (TPSA) is 37.4 Å². The van der Waals surface area contributed by atoms with Crippen LogP contribution < -0.4 is 4.90 Å². The summed E-state index contributed by atoms with van der Waals surface area (Å²) >= 11 is 0. The zero-order valence-corrected chi connectivity index (χ0v) is 13.7. The van der Waals surface area contributed by atoms with Crippen molar-refractivity contribution in [2.24, 2.45) is 23.7 Å². The van der Waals surface area contributed by atoms with Gasteiger partial charge in [0.05, 0.1) is 17.5 Å². The standard InChI is InChI=1S/C20H23NO2/c1-5-13-11-14(6-2)18-17(13)19(22)21(20(18)23)16-9-7-15(8-10-16)12(3)4/h5-10,12-14,17-18H,1-2,11H2,3-4H3. The van der Waals surface area contributed by atoms with Gasteiger partial charge in [-0.3, -0.25) is 14.5 Å². The Morgan fingerprint density at radius 1 is 1.00 bits per heavy atom. The number of carbonyl (C=O) groups is 2. The van der Waals surface area contributed by atoms with Crippen molar-refractivity contribution in [1.29, 1.82) is 0 Å². The number of hydrogen-bond donors (Lipinski definition) is 0. The monoisotopic (exact) mass is 309 g/mol. The molecule has 1 saturated carbocycles. The Labute approximate surface area is 137 Å². The number of amides is 2. The van der Waals surface area contributed by atoms with Gasteiger partial charge in [-0.25, -0.2) is 0 Å². The largest absolute Gasteiger partial charge is 0.274 e. The molecule has 0 aromatic heterocycles. The highest BCUT2D eigenvalue weighted by atomic mass is 16.2. The Morgan fingerprint density at radius 2 is 1.48 bits per heavy atom. The number of rotatable bonds is 4. The van der Waals surface area contributed by atoms with Gasteiger partial charge in [0, 0.05) is 0 Å². The lowest BCUT2D eigenvalue weighted by atomic mass is 9.89. The third-order valence-corrected chi connectivity index (χ3v) is 5.29. The number of nitrogens with zero attached hydrogens (tertiary/aromatic N) is 1. The molecule has 3 rings (SSSR count). The Bertz CT molecular complexity index is 627. The van der Waals surface area contributed by atoms with Crippen LogP contribution in [0.15, 0.2) is 49.6 Å². The minimum Gasteiger partial charge on any atom is -0.274 e. The van der Waals surface area contributed by atoms with Crippen LogP contribution in [0.5, 0.6) is 0 Å². The van der Waals surface area contributed by atoms with Crippen molar-refractivity contribution in [3.8, 4) is 0 Å². The molecule has 1 aliphatic carbocycles. The molecular weight excluding hydrogens is 286 g/mol. The molecule has 120 valence electrons. The third-order valence-electron chi connectivity index (χ3n) is 5.29. The van der Waals surface area contributed by atoms with Gasteiger partial charge in [0.25, 0.3) is 0 Å². The first-order valence-corrected chi connectivity index (χ1v) is 8.22. The first kappa shape index (κ1) is 15.7. The Kier molecular flexibility index (Phi) is 3.97. The molecule has 2 amide bonds. The first-order chi connectivity index (χ1) is 11.0.